The second-order valence-corrected chi connectivity index (χ2v) is 6.21. The second kappa shape index (κ2) is 9.27. The molecule has 0 aliphatic heterocycles. The summed E-state index contributed by atoms with van der Waals surface area (Å²) < 4.78 is 5.03. The molecule has 0 heterocycles. The number of amides is 3. The van der Waals surface area contributed by atoms with Gasteiger partial charge in [0, 0.05) is 12.2 Å². The Hall–Kier alpha value is -3.08. The molecule has 0 spiro atoms. The molecule has 0 aliphatic rings. The van der Waals surface area contributed by atoms with Gasteiger partial charge in [0.2, 0.25) is 11.8 Å². The Balaban J connectivity index is 2.39. The van der Waals surface area contributed by atoms with Crippen molar-refractivity contribution in [1.82, 2.24) is 10.6 Å². The maximum Gasteiger partial charge on any atom is 0.408 e. The van der Waals surface area contributed by atoms with E-state index in [1.807, 2.05) is 0 Å². The Bertz CT molecular complexity index is 657. The van der Waals surface area contributed by atoms with Crippen LogP contribution in [0.3, 0.4) is 0 Å². The summed E-state index contributed by atoms with van der Waals surface area (Å²) in [7, 11) is 0. The molecule has 0 fully saturated rings. The van der Waals surface area contributed by atoms with Crippen LogP contribution < -0.4 is 16.0 Å². The van der Waals surface area contributed by atoms with Gasteiger partial charge in [0.05, 0.1) is 6.07 Å². The third-order valence-electron chi connectivity index (χ3n) is 2.76. The van der Waals surface area contributed by atoms with Gasteiger partial charge in [-0.05, 0) is 38.5 Å². The van der Waals surface area contributed by atoms with Crippen LogP contribution in [0.15, 0.2) is 24.3 Å². The van der Waals surface area contributed by atoms with Crippen LogP contribution in [-0.2, 0) is 20.9 Å². The van der Waals surface area contributed by atoms with Gasteiger partial charge < -0.3 is 20.7 Å². The molecule has 0 saturated heterocycles. The molecule has 0 aliphatic carbocycles. The molecule has 0 saturated carbocycles. The first-order valence-electron chi connectivity index (χ1n) is 7.69. The number of benzene rings is 1. The van der Waals surface area contributed by atoms with E-state index < -0.39 is 11.7 Å². The quantitative estimate of drug-likeness (QED) is 0.724. The maximum absolute atomic E-state index is 11.8. The third-order valence-corrected chi connectivity index (χ3v) is 2.76. The smallest absolute Gasteiger partial charge is 0.408 e. The number of hydrogen-bond acceptors (Lipinski definition) is 5. The number of carbonyl (C=O) groups excluding carboxylic acids is 3. The minimum absolute atomic E-state index is 0.182. The molecule has 8 nitrogen and oxygen atoms in total. The number of hydrogen-bond donors (Lipinski definition) is 3. The van der Waals surface area contributed by atoms with E-state index in [1.165, 1.54) is 0 Å². The highest BCUT2D eigenvalue weighted by Gasteiger charge is 2.16. The predicted molar refractivity (Wildman–Crippen MR) is 91.4 cm³/mol. The Labute approximate surface area is 146 Å². The molecule has 25 heavy (non-hydrogen) atoms. The Morgan fingerprint density at radius 1 is 1.08 bits per heavy atom. The zero-order chi connectivity index (χ0) is 18.9. The van der Waals surface area contributed by atoms with Crippen LogP contribution >= 0.6 is 0 Å². The number of anilines is 1. The average molecular weight is 346 g/mol. The van der Waals surface area contributed by atoms with E-state index in [-0.39, 0.29) is 24.8 Å². The number of nitrogens with one attached hydrogen (secondary N) is 3. The van der Waals surface area contributed by atoms with Gasteiger partial charge in [-0.1, -0.05) is 12.1 Å². The lowest BCUT2D eigenvalue weighted by Gasteiger charge is -2.19. The molecule has 3 amide bonds. The molecule has 0 radical (unpaired) electrons. The first-order chi connectivity index (χ1) is 11.7. The number of carbonyl (C=O) groups is 3. The number of rotatable bonds is 6. The topological polar surface area (TPSA) is 120 Å². The van der Waals surface area contributed by atoms with Crippen molar-refractivity contribution in [2.45, 2.75) is 39.3 Å². The lowest BCUT2D eigenvalue weighted by Crippen LogP contribution is -2.37. The number of ether oxygens (including phenoxy) is 1. The average Bonchev–Trinajstić information content (AvgIpc) is 2.51. The van der Waals surface area contributed by atoms with Gasteiger partial charge in [-0.15, -0.1) is 0 Å². The summed E-state index contributed by atoms with van der Waals surface area (Å²) >= 11 is 0. The lowest BCUT2D eigenvalue weighted by atomic mass is 10.2. The van der Waals surface area contributed by atoms with Crippen LogP contribution in [0.5, 0.6) is 0 Å². The molecule has 8 heteroatoms. The second-order valence-electron chi connectivity index (χ2n) is 6.21. The fourth-order valence-corrected chi connectivity index (χ4v) is 1.71. The number of alkyl carbamates (subject to hydrolysis) is 1. The molecule has 3 N–H and O–H groups in total. The highest BCUT2D eigenvalue weighted by Crippen LogP contribution is 2.09. The summed E-state index contributed by atoms with van der Waals surface area (Å²) in [5.74, 6) is -0.728. The van der Waals surface area contributed by atoms with Crippen LogP contribution in [0.25, 0.3) is 0 Å². The fraction of sp³-hybridized carbons (Fsp3) is 0.412. The zero-order valence-electron chi connectivity index (χ0n) is 14.5. The van der Waals surface area contributed by atoms with Gasteiger partial charge in [-0.2, -0.15) is 5.26 Å². The van der Waals surface area contributed by atoms with E-state index in [0.717, 1.165) is 5.56 Å². The van der Waals surface area contributed by atoms with Gasteiger partial charge in [0.25, 0.3) is 0 Å². The molecular weight excluding hydrogens is 324 g/mol. The normalized spacial score (nSPS) is 10.3. The summed E-state index contributed by atoms with van der Waals surface area (Å²) in [6, 6.07) is 8.60. The van der Waals surface area contributed by atoms with Crippen LogP contribution in [0.4, 0.5) is 10.5 Å². The molecule has 134 valence electrons. The number of nitrogens with zero attached hydrogens (tertiary/aromatic N) is 1. The van der Waals surface area contributed by atoms with E-state index >= 15 is 0 Å². The van der Waals surface area contributed by atoms with E-state index in [9.17, 15) is 14.4 Å². The summed E-state index contributed by atoms with van der Waals surface area (Å²) in [6.45, 7) is 5.29. The van der Waals surface area contributed by atoms with Crippen molar-refractivity contribution in [3.8, 4) is 6.07 Å². The Morgan fingerprint density at radius 3 is 2.28 bits per heavy atom. The summed E-state index contributed by atoms with van der Waals surface area (Å²) in [6.07, 6.45) is -0.843. The highest BCUT2D eigenvalue weighted by molar-refractivity contribution is 5.93. The Kier molecular flexibility index (Phi) is 7.41. The molecule has 0 aromatic heterocycles. The van der Waals surface area contributed by atoms with Gasteiger partial charge in [0.15, 0.2) is 0 Å². The zero-order valence-corrected chi connectivity index (χ0v) is 14.5. The number of nitriles is 1. The molecular formula is C17H22N4O4. The van der Waals surface area contributed by atoms with Crippen LogP contribution in [0, 0.1) is 11.3 Å². The predicted octanol–water partition coefficient (Wildman–Crippen LogP) is 1.68. The monoisotopic (exact) mass is 346 g/mol. The molecule has 1 rings (SSSR count). The minimum Gasteiger partial charge on any atom is -0.444 e. The van der Waals surface area contributed by atoms with Gasteiger partial charge >= 0.3 is 6.09 Å². The fourth-order valence-electron chi connectivity index (χ4n) is 1.71. The van der Waals surface area contributed by atoms with Gasteiger partial charge in [-0.3, -0.25) is 9.59 Å². The SMILES string of the molecule is CC(C)(C)OC(=O)NCC(=O)Nc1ccc(CNC(=O)CC#N)cc1. The third kappa shape index (κ3) is 8.95. The van der Waals surface area contributed by atoms with Crippen molar-refractivity contribution in [1.29, 1.82) is 5.26 Å². The van der Waals surface area contributed by atoms with Crippen LogP contribution in [0.1, 0.15) is 32.8 Å². The maximum atomic E-state index is 11.8. The van der Waals surface area contributed by atoms with Crippen LogP contribution in [0.2, 0.25) is 0 Å². The molecule has 0 unspecified atom stereocenters. The van der Waals surface area contributed by atoms with E-state index in [2.05, 4.69) is 16.0 Å². The largest absolute Gasteiger partial charge is 0.444 e. The molecule has 1 aromatic rings. The van der Waals surface area contributed by atoms with Gasteiger partial charge in [0.1, 0.15) is 18.6 Å². The van der Waals surface area contributed by atoms with Crippen molar-refractivity contribution >= 4 is 23.6 Å². The summed E-state index contributed by atoms with van der Waals surface area (Å²) in [5, 5.41) is 16.0. The van der Waals surface area contributed by atoms with Crippen molar-refractivity contribution in [3.05, 3.63) is 29.8 Å². The van der Waals surface area contributed by atoms with Crippen molar-refractivity contribution < 1.29 is 19.1 Å². The lowest BCUT2D eigenvalue weighted by molar-refractivity contribution is -0.120. The first kappa shape index (κ1) is 20.0. The molecule has 1 aromatic carbocycles. The van der Waals surface area contributed by atoms with Gasteiger partial charge in [-0.25, -0.2) is 4.79 Å². The minimum atomic E-state index is -0.661. The van der Waals surface area contributed by atoms with E-state index in [1.54, 1.807) is 51.1 Å². The van der Waals surface area contributed by atoms with E-state index in [4.69, 9.17) is 10.00 Å². The van der Waals surface area contributed by atoms with Crippen molar-refractivity contribution in [3.63, 3.8) is 0 Å². The van der Waals surface area contributed by atoms with Crippen molar-refractivity contribution in [2.24, 2.45) is 0 Å². The standard InChI is InChI=1S/C17H22N4O4/c1-17(2,3)25-16(24)20-11-15(23)21-13-6-4-12(5-7-13)10-19-14(22)8-9-18/h4-7H,8,10-11H2,1-3H3,(H,19,22)(H,20,24)(H,21,23). The summed E-state index contributed by atoms with van der Waals surface area (Å²) in [4.78, 5) is 34.5. The van der Waals surface area contributed by atoms with Crippen LogP contribution in [-0.4, -0.2) is 30.1 Å². The summed E-state index contributed by atoms with van der Waals surface area (Å²) in [5.41, 5.74) is 0.762. The van der Waals surface area contributed by atoms with Crippen molar-refractivity contribution in [2.75, 3.05) is 11.9 Å². The Morgan fingerprint density at radius 2 is 1.72 bits per heavy atom. The molecule has 0 atom stereocenters. The van der Waals surface area contributed by atoms with E-state index in [0.29, 0.717) is 12.2 Å². The molecule has 0 bridgehead atoms. The highest BCUT2D eigenvalue weighted by atomic mass is 16.6. The first-order valence-corrected chi connectivity index (χ1v) is 7.69.